The van der Waals surface area contributed by atoms with Crippen molar-refractivity contribution in [3.8, 4) is 0 Å². The molecule has 4 nitrogen and oxygen atoms in total. The van der Waals surface area contributed by atoms with E-state index in [1.165, 1.54) is 77.0 Å². The smallest absolute Gasteiger partial charge is 0.220 e. The predicted octanol–water partition coefficient (Wildman–Crippen LogP) is 11.5. The molecule has 268 valence electrons. The normalized spacial score (nSPS) is 13.0. The van der Waals surface area contributed by atoms with Crippen molar-refractivity contribution in [2.75, 3.05) is 6.61 Å². The van der Waals surface area contributed by atoms with Gasteiger partial charge in [0.2, 0.25) is 5.91 Å². The molecule has 0 unspecified atom stereocenters. The zero-order chi connectivity index (χ0) is 34.8. The number of carbonyl (C=O) groups excluding carboxylic acids is 1. The summed E-state index contributed by atoms with van der Waals surface area (Å²) in [6.07, 6.45) is 24.3. The Balaban J connectivity index is 1.69. The van der Waals surface area contributed by atoms with E-state index in [0.29, 0.717) is 6.42 Å². The number of allylic oxidation sites excluding steroid dienone is 1. The van der Waals surface area contributed by atoms with Crippen LogP contribution < -0.4 is 5.32 Å². The number of ether oxygens (including phenoxy) is 1. The minimum Gasteiger partial charge on any atom is -0.387 e. The number of nitrogens with one attached hydrogen (secondary N) is 1. The maximum absolute atomic E-state index is 13.2. The Hall–Kier alpha value is -3.21. The SMILES string of the molecule is CCCCCCCCCCCCCC=C[C@@H](O)[C@H](COC(c1ccccc1)(c1ccccc1)c1ccccc1)NC(=O)CCCCCCC. The van der Waals surface area contributed by atoms with Gasteiger partial charge in [-0.15, -0.1) is 0 Å². The average molecular weight is 668 g/mol. The molecule has 0 fully saturated rings. The van der Waals surface area contributed by atoms with Gasteiger partial charge in [0.1, 0.15) is 5.60 Å². The molecule has 0 radical (unpaired) electrons. The van der Waals surface area contributed by atoms with Crippen LogP contribution in [-0.4, -0.2) is 29.8 Å². The molecule has 0 bridgehead atoms. The lowest BCUT2D eigenvalue weighted by Crippen LogP contribution is -2.48. The summed E-state index contributed by atoms with van der Waals surface area (Å²) in [5.41, 5.74) is 2.06. The molecule has 0 aliphatic carbocycles. The number of aliphatic hydroxyl groups is 1. The Kier molecular flexibility index (Phi) is 20.4. The van der Waals surface area contributed by atoms with Crippen LogP contribution in [0.15, 0.2) is 103 Å². The molecule has 0 heterocycles. The van der Waals surface area contributed by atoms with E-state index in [9.17, 15) is 9.90 Å². The number of carbonyl (C=O) groups is 1. The third-order valence-electron chi connectivity index (χ3n) is 9.59. The summed E-state index contributed by atoms with van der Waals surface area (Å²) in [5.74, 6) is -0.0346. The van der Waals surface area contributed by atoms with Crippen LogP contribution in [0.3, 0.4) is 0 Å². The Morgan fingerprint density at radius 1 is 0.633 bits per heavy atom. The molecule has 0 saturated heterocycles. The first kappa shape index (κ1) is 40.2. The lowest BCUT2D eigenvalue weighted by Gasteiger charge is -2.37. The van der Waals surface area contributed by atoms with Gasteiger partial charge in [0.25, 0.3) is 0 Å². The van der Waals surface area contributed by atoms with E-state index in [1.54, 1.807) is 0 Å². The number of aliphatic hydroxyl groups excluding tert-OH is 1. The van der Waals surface area contributed by atoms with E-state index in [2.05, 4.69) is 61.6 Å². The van der Waals surface area contributed by atoms with E-state index >= 15 is 0 Å². The largest absolute Gasteiger partial charge is 0.387 e. The first-order valence-corrected chi connectivity index (χ1v) is 19.6. The fourth-order valence-electron chi connectivity index (χ4n) is 6.67. The van der Waals surface area contributed by atoms with E-state index in [4.69, 9.17) is 4.74 Å². The molecule has 0 aromatic heterocycles. The van der Waals surface area contributed by atoms with Crippen LogP contribution in [0.2, 0.25) is 0 Å². The minimum atomic E-state index is -0.925. The van der Waals surface area contributed by atoms with Gasteiger partial charge in [-0.25, -0.2) is 0 Å². The Morgan fingerprint density at radius 2 is 1.04 bits per heavy atom. The molecule has 4 heteroatoms. The fourth-order valence-corrected chi connectivity index (χ4v) is 6.67. The first-order valence-electron chi connectivity index (χ1n) is 19.6. The molecule has 3 aromatic carbocycles. The van der Waals surface area contributed by atoms with Gasteiger partial charge in [0, 0.05) is 6.42 Å². The standard InChI is InChI=1S/C45H65NO3/c1-3-5-7-9-10-11-12-13-14-15-16-18-28-36-43(47)42(46-44(48)37-29-17-8-6-4-2)38-49-45(39-30-22-19-23-31-39,40-32-24-20-25-33-40)41-34-26-21-27-35-41/h19-28,30-36,42-43,47H,3-18,29,37-38H2,1-2H3,(H,46,48)/t42-,43+/m0/s1. The molecular weight excluding hydrogens is 602 g/mol. The maximum atomic E-state index is 13.2. The highest BCUT2D eigenvalue weighted by molar-refractivity contribution is 5.76. The van der Waals surface area contributed by atoms with Gasteiger partial charge < -0.3 is 15.2 Å². The van der Waals surface area contributed by atoms with Crippen molar-refractivity contribution >= 4 is 5.91 Å². The summed E-state index contributed by atoms with van der Waals surface area (Å²) in [4.78, 5) is 13.2. The van der Waals surface area contributed by atoms with Gasteiger partial charge in [-0.1, -0.05) is 207 Å². The van der Waals surface area contributed by atoms with Crippen LogP contribution in [0.4, 0.5) is 0 Å². The van der Waals surface area contributed by atoms with Gasteiger partial charge >= 0.3 is 0 Å². The molecule has 0 aliphatic heterocycles. The molecule has 49 heavy (non-hydrogen) atoms. The van der Waals surface area contributed by atoms with Gasteiger partial charge in [-0.2, -0.15) is 0 Å². The lowest BCUT2D eigenvalue weighted by molar-refractivity contribution is -0.123. The Morgan fingerprint density at radius 3 is 1.49 bits per heavy atom. The third kappa shape index (κ3) is 14.7. The van der Waals surface area contributed by atoms with Crippen molar-refractivity contribution in [3.63, 3.8) is 0 Å². The highest BCUT2D eigenvalue weighted by atomic mass is 16.5. The van der Waals surface area contributed by atoms with Crippen molar-refractivity contribution in [1.82, 2.24) is 5.32 Å². The van der Waals surface area contributed by atoms with Crippen LogP contribution in [0, 0.1) is 0 Å². The summed E-state index contributed by atoms with van der Waals surface area (Å²) < 4.78 is 7.04. The van der Waals surface area contributed by atoms with E-state index < -0.39 is 17.7 Å². The topological polar surface area (TPSA) is 58.6 Å². The van der Waals surface area contributed by atoms with Gasteiger partial charge in [0.15, 0.2) is 0 Å². The summed E-state index contributed by atoms with van der Waals surface area (Å²) in [7, 11) is 0. The third-order valence-corrected chi connectivity index (χ3v) is 9.59. The summed E-state index contributed by atoms with van der Waals surface area (Å²) >= 11 is 0. The number of benzene rings is 3. The first-order chi connectivity index (χ1) is 24.1. The highest BCUT2D eigenvalue weighted by Crippen LogP contribution is 2.40. The quantitative estimate of drug-likeness (QED) is 0.0483. The summed E-state index contributed by atoms with van der Waals surface area (Å²) in [6.45, 7) is 4.61. The average Bonchev–Trinajstić information content (AvgIpc) is 3.14. The zero-order valence-corrected chi connectivity index (χ0v) is 30.7. The van der Waals surface area contributed by atoms with Gasteiger partial charge in [-0.3, -0.25) is 4.79 Å². The van der Waals surface area contributed by atoms with Crippen molar-refractivity contribution < 1.29 is 14.6 Å². The molecular formula is C45H65NO3. The van der Waals surface area contributed by atoms with E-state index in [0.717, 1.165) is 48.8 Å². The number of amides is 1. The van der Waals surface area contributed by atoms with Crippen molar-refractivity contribution in [1.29, 1.82) is 0 Å². The number of unbranched alkanes of at least 4 members (excludes halogenated alkanes) is 15. The van der Waals surface area contributed by atoms with E-state index in [-0.39, 0.29) is 12.5 Å². The van der Waals surface area contributed by atoms with Crippen molar-refractivity contribution in [3.05, 3.63) is 120 Å². The van der Waals surface area contributed by atoms with Crippen LogP contribution in [0.25, 0.3) is 0 Å². The van der Waals surface area contributed by atoms with Crippen LogP contribution in [-0.2, 0) is 15.1 Å². The number of rotatable bonds is 27. The molecule has 2 N–H and O–H groups in total. The van der Waals surface area contributed by atoms with Crippen LogP contribution in [0.1, 0.15) is 146 Å². The molecule has 3 aromatic rings. The van der Waals surface area contributed by atoms with Crippen LogP contribution >= 0.6 is 0 Å². The lowest BCUT2D eigenvalue weighted by atomic mass is 9.80. The summed E-state index contributed by atoms with van der Waals surface area (Å²) in [5, 5.41) is 14.7. The van der Waals surface area contributed by atoms with Crippen molar-refractivity contribution in [2.24, 2.45) is 0 Å². The second-order valence-corrected chi connectivity index (χ2v) is 13.7. The monoisotopic (exact) mass is 667 g/mol. The molecule has 0 spiro atoms. The second kappa shape index (κ2) is 24.8. The summed E-state index contributed by atoms with van der Waals surface area (Å²) in [6, 6.07) is 30.2. The van der Waals surface area contributed by atoms with E-state index in [1.807, 2.05) is 60.7 Å². The molecule has 0 saturated carbocycles. The fraction of sp³-hybridized carbons (Fsp3) is 0.533. The van der Waals surface area contributed by atoms with Gasteiger partial charge in [-0.05, 0) is 36.0 Å². The van der Waals surface area contributed by atoms with Crippen molar-refractivity contribution in [2.45, 2.75) is 147 Å². The number of hydrogen-bond acceptors (Lipinski definition) is 3. The number of hydrogen-bond donors (Lipinski definition) is 2. The maximum Gasteiger partial charge on any atom is 0.220 e. The molecule has 1 amide bonds. The predicted molar refractivity (Wildman–Crippen MR) is 207 cm³/mol. The zero-order valence-electron chi connectivity index (χ0n) is 30.7. The Bertz CT molecular complexity index is 1160. The molecule has 3 rings (SSSR count). The Labute approximate surface area is 298 Å². The van der Waals surface area contributed by atoms with Crippen LogP contribution in [0.5, 0.6) is 0 Å². The molecule has 0 aliphatic rings. The second-order valence-electron chi connectivity index (χ2n) is 13.7. The highest BCUT2D eigenvalue weighted by Gasteiger charge is 2.38. The molecule has 2 atom stereocenters. The minimum absolute atomic E-state index is 0.0346. The van der Waals surface area contributed by atoms with Gasteiger partial charge in [0.05, 0.1) is 18.8 Å².